The van der Waals surface area contributed by atoms with E-state index in [0.29, 0.717) is 33.9 Å². The summed E-state index contributed by atoms with van der Waals surface area (Å²) in [6.45, 7) is 17.5. The lowest BCUT2D eigenvalue weighted by Gasteiger charge is -2.23. The molecular weight excluding hydrogens is 1450 g/mol. The Kier molecular flexibility index (Phi) is 56.6. The number of rotatable bonds is 70. The molecule has 4 aromatic rings. The Morgan fingerprint density at radius 2 is 0.457 bits per heavy atom. The molecule has 0 saturated carbocycles. The third-order valence-electron chi connectivity index (χ3n) is 22.0. The molecule has 0 saturated heterocycles. The van der Waals surface area contributed by atoms with Gasteiger partial charge in [0.05, 0.1) is 11.4 Å². The first-order valence-corrected chi connectivity index (χ1v) is 46.4. The molecule has 116 heavy (non-hydrogen) atoms. The topological polar surface area (TPSA) is 246 Å². The largest absolute Gasteiger partial charge is 0.462 e. The Labute approximate surface area is 700 Å². The van der Waals surface area contributed by atoms with Crippen LogP contribution in [-0.2, 0) is 38.1 Å². The summed E-state index contributed by atoms with van der Waals surface area (Å²) in [6, 6.07) is 23.8. The average Bonchev–Trinajstić information content (AvgIpc) is 0.851. The van der Waals surface area contributed by atoms with Crippen molar-refractivity contribution in [2.24, 2.45) is 10.2 Å². The average molecular weight is 1610 g/mol. The zero-order valence-electron chi connectivity index (χ0n) is 73.3. The molecule has 6 atom stereocenters. The number of ether oxygens (including phenoxy) is 4. The fourth-order valence-corrected chi connectivity index (χ4v) is 14.6. The molecule has 4 unspecified atom stereocenters. The number of hydrogen-bond donors (Lipinski definition) is 4. The second kappa shape index (κ2) is 65.2. The van der Waals surface area contributed by atoms with Gasteiger partial charge in [0.1, 0.15) is 36.5 Å². The minimum atomic E-state index is -1.09. The number of amides is 4. The van der Waals surface area contributed by atoms with Crippen LogP contribution in [0.25, 0.3) is 0 Å². The van der Waals surface area contributed by atoms with E-state index < -0.39 is 47.7 Å². The number of anilines is 2. The van der Waals surface area contributed by atoms with Crippen molar-refractivity contribution >= 4 is 70.3 Å². The molecule has 0 aliphatic rings. The molecule has 0 heterocycles. The third-order valence-corrected chi connectivity index (χ3v) is 22.0. The summed E-state index contributed by atoms with van der Waals surface area (Å²) >= 11 is 0. The first-order chi connectivity index (χ1) is 56.6. The summed E-state index contributed by atoms with van der Waals surface area (Å²) in [5.74, 6) is -3.65. The number of nitrogens with zero attached hydrogens (tertiary/aromatic N) is 2. The number of azo groups is 1. The van der Waals surface area contributed by atoms with Crippen molar-refractivity contribution < 1.29 is 57.3 Å². The Hall–Kier alpha value is -7.76. The molecule has 4 N–H and O–H groups in total. The molecule has 0 aliphatic heterocycles. The number of carbonyl (C=O) groups excluding carboxylic acids is 8. The van der Waals surface area contributed by atoms with Gasteiger partial charge in [-0.25, -0.2) is 9.59 Å². The fraction of sp³-hybridized carbons (Fsp3) is 0.673. The van der Waals surface area contributed by atoms with Crippen molar-refractivity contribution in [2.75, 3.05) is 10.6 Å². The first-order valence-electron chi connectivity index (χ1n) is 46.4. The zero-order valence-corrected chi connectivity index (χ0v) is 73.3. The highest BCUT2D eigenvalue weighted by molar-refractivity contribution is 6.06. The molecule has 0 bridgehead atoms. The molecule has 0 fully saturated rings. The quantitative estimate of drug-likeness (QED) is 0.0140. The SMILES string of the molecule is CCCCCCCCC(CCCCCC)OC(=O)CC[C@@H](NC(=O)c1ccc(NC(=O)c2ccc(N=Nc3ccc(C(=O)Nc4ccc(C(=O)N[C@H](CCC(=O)OC(CCCCCC)CCCCCCCC)C(=O)OC(CCCCCC)CCCCCCCC)cc4)cc3)cc2)cc1)C(=O)OC(CCCCCC)CCCCCCCC. The Morgan fingerprint density at radius 3 is 0.707 bits per heavy atom. The highest BCUT2D eigenvalue weighted by Gasteiger charge is 2.30. The maximum absolute atomic E-state index is 14.3. The molecule has 4 amide bonds. The summed E-state index contributed by atoms with van der Waals surface area (Å²) in [5.41, 5.74) is 3.08. The van der Waals surface area contributed by atoms with Gasteiger partial charge in [-0.1, -0.05) is 261 Å². The molecule has 18 nitrogen and oxygen atoms in total. The van der Waals surface area contributed by atoms with Crippen molar-refractivity contribution in [2.45, 2.75) is 426 Å². The predicted molar refractivity (Wildman–Crippen MR) is 473 cm³/mol. The molecule has 648 valence electrons. The standard InChI is InChI=1S/C98H154N6O12/c1-9-17-25-33-37-45-51-85(49-41-29-21-13-5)113-91(105)75-73-89(97(111)115-87(53-43-31-23-15-7)55-47-39-35-27-19-11-3)101-95(109)79-57-65-81(66-58-79)99-93(107)77-61-69-83(70-62-77)103-104-84-71-63-78(64-72-84)94(108)100-82-67-59-80(60-68-82)96(110)102-90(98(112)116-88(54-44-32-24-16-8)56-48-40-36-28-20-12-4)74-76-92(106)114-86(50-42-30-22-14-6)52-46-38-34-26-18-10-2/h57-72,85-90H,9-56,73-76H2,1-8H3,(H,99,107)(H,100,108)(H,101,109)(H,102,110)/t85?,86?,87?,88?,89-,90-/m1/s1. The van der Waals surface area contributed by atoms with Gasteiger partial charge in [0.2, 0.25) is 0 Å². The van der Waals surface area contributed by atoms with Crippen LogP contribution in [0.2, 0.25) is 0 Å². The van der Waals surface area contributed by atoms with Gasteiger partial charge in [0.25, 0.3) is 23.6 Å². The van der Waals surface area contributed by atoms with E-state index in [0.717, 1.165) is 218 Å². The van der Waals surface area contributed by atoms with Gasteiger partial charge in [-0.3, -0.25) is 28.8 Å². The lowest BCUT2D eigenvalue weighted by molar-refractivity contribution is -0.155. The summed E-state index contributed by atoms with van der Waals surface area (Å²) in [6.07, 6.45) is 49.5. The van der Waals surface area contributed by atoms with Crippen LogP contribution in [0, 0.1) is 0 Å². The van der Waals surface area contributed by atoms with E-state index in [1.165, 1.54) is 89.9 Å². The maximum Gasteiger partial charge on any atom is 0.328 e. The maximum atomic E-state index is 14.3. The second-order valence-corrected chi connectivity index (χ2v) is 32.5. The smallest absolute Gasteiger partial charge is 0.328 e. The number of unbranched alkanes of at least 4 members (excludes halogenated alkanes) is 32. The predicted octanol–water partition coefficient (Wildman–Crippen LogP) is 26.9. The van der Waals surface area contributed by atoms with Crippen LogP contribution in [0.1, 0.15) is 431 Å². The van der Waals surface area contributed by atoms with E-state index in [9.17, 15) is 38.4 Å². The Morgan fingerprint density at radius 1 is 0.250 bits per heavy atom. The van der Waals surface area contributed by atoms with E-state index in [1.54, 1.807) is 97.1 Å². The van der Waals surface area contributed by atoms with Crippen molar-refractivity contribution in [3.8, 4) is 0 Å². The minimum absolute atomic E-state index is 0.0314. The van der Waals surface area contributed by atoms with E-state index in [-0.39, 0.29) is 73.2 Å². The van der Waals surface area contributed by atoms with Crippen molar-refractivity contribution in [1.82, 2.24) is 10.6 Å². The molecule has 4 rings (SSSR count). The molecule has 18 heteroatoms. The van der Waals surface area contributed by atoms with Gasteiger partial charge < -0.3 is 40.2 Å². The van der Waals surface area contributed by atoms with Crippen LogP contribution in [0.3, 0.4) is 0 Å². The number of nitrogens with one attached hydrogen (secondary N) is 4. The molecule has 4 aromatic carbocycles. The molecule has 0 spiro atoms. The third kappa shape index (κ3) is 46.4. The van der Waals surface area contributed by atoms with Crippen LogP contribution >= 0.6 is 0 Å². The van der Waals surface area contributed by atoms with Crippen LogP contribution < -0.4 is 21.3 Å². The normalized spacial score (nSPS) is 12.9. The van der Waals surface area contributed by atoms with Gasteiger partial charge in [-0.05, 0) is 213 Å². The zero-order chi connectivity index (χ0) is 83.9. The highest BCUT2D eigenvalue weighted by Crippen LogP contribution is 2.27. The monoisotopic (exact) mass is 1610 g/mol. The number of esters is 4. The van der Waals surface area contributed by atoms with Gasteiger partial charge in [0, 0.05) is 46.5 Å². The fourth-order valence-electron chi connectivity index (χ4n) is 14.6. The molecule has 0 radical (unpaired) electrons. The van der Waals surface area contributed by atoms with Crippen molar-refractivity contribution in [1.29, 1.82) is 0 Å². The minimum Gasteiger partial charge on any atom is -0.462 e. The van der Waals surface area contributed by atoms with E-state index in [4.69, 9.17) is 18.9 Å². The van der Waals surface area contributed by atoms with E-state index >= 15 is 0 Å². The lowest BCUT2D eigenvalue weighted by Crippen LogP contribution is -2.43. The lowest BCUT2D eigenvalue weighted by atomic mass is 10.0. The van der Waals surface area contributed by atoms with Gasteiger partial charge in [-0.2, -0.15) is 10.2 Å². The summed E-state index contributed by atoms with van der Waals surface area (Å²) < 4.78 is 24.9. The number of hydrogen-bond acceptors (Lipinski definition) is 14. The Bertz CT molecular complexity index is 3090. The van der Waals surface area contributed by atoms with E-state index in [1.807, 2.05) is 0 Å². The summed E-state index contributed by atoms with van der Waals surface area (Å²) in [4.78, 5) is 111. The van der Waals surface area contributed by atoms with Gasteiger partial charge in [0.15, 0.2) is 0 Å². The van der Waals surface area contributed by atoms with Crippen LogP contribution in [0.4, 0.5) is 22.7 Å². The van der Waals surface area contributed by atoms with Gasteiger partial charge >= 0.3 is 23.9 Å². The van der Waals surface area contributed by atoms with Crippen molar-refractivity contribution in [3.63, 3.8) is 0 Å². The van der Waals surface area contributed by atoms with Crippen LogP contribution in [-0.4, -0.2) is 84.0 Å². The molecular formula is C98H154N6O12. The number of carbonyl (C=O) groups is 8. The summed E-state index contributed by atoms with van der Waals surface area (Å²) in [5, 5.41) is 20.4. The molecule has 0 aliphatic carbocycles. The number of benzene rings is 4. The second-order valence-electron chi connectivity index (χ2n) is 32.5. The Balaban J connectivity index is 1.40. The van der Waals surface area contributed by atoms with Crippen molar-refractivity contribution in [3.05, 3.63) is 119 Å². The van der Waals surface area contributed by atoms with Crippen LogP contribution in [0.5, 0.6) is 0 Å². The van der Waals surface area contributed by atoms with Crippen LogP contribution in [0.15, 0.2) is 107 Å². The highest BCUT2D eigenvalue weighted by atomic mass is 16.6. The first kappa shape index (κ1) is 101. The van der Waals surface area contributed by atoms with E-state index in [2.05, 4.69) is 86.9 Å². The van der Waals surface area contributed by atoms with Gasteiger partial charge in [-0.15, -0.1) is 0 Å². The molecule has 0 aromatic heterocycles. The summed E-state index contributed by atoms with van der Waals surface area (Å²) in [7, 11) is 0.